The highest BCUT2D eigenvalue weighted by molar-refractivity contribution is 7.98. The molecule has 110 valence electrons. The summed E-state index contributed by atoms with van der Waals surface area (Å²) in [6.07, 6.45) is 3.60. The molecule has 0 bridgehead atoms. The Morgan fingerprint density at radius 2 is 2.25 bits per heavy atom. The molecule has 0 saturated heterocycles. The first-order chi connectivity index (χ1) is 9.67. The van der Waals surface area contributed by atoms with Crippen LogP contribution in [0.1, 0.15) is 29.9 Å². The molecule has 1 fully saturated rings. The fraction of sp³-hybridized carbons (Fsp3) is 0.562. The minimum atomic E-state index is 0.0839. The molecule has 3 nitrogen and oxygen atoms in total. The smallest absolute Gasteiger partial charge is 0.223 e. The maximum Gasteiger partial charge on any atom is 0.223 e. The van der Waals surface area contributed by atoms with Crippen molar-refractivity contribution in [1.82, 2.24) is 5.32 Å². The lowest BCUT2D eigenvalue weighted by Crippen LogP contribution is -2.38. The van der Waals surface area contributed by atoms with Gasteiger partial charge >= 0.3 is 0 Å². The van der Waals surface area contributed by atoms with E-state index in [0.29, 0.717) is 12.3 Å². The minimum absolute atomic E-state index is 0.0839. The molecule has 1 saturated carbocycles. The van der Waals surface area contributed by atoms with Gasteiger partial charge in [-0.25, -0.2) is 0 Å². The van der Waals surface area contributed by atoms with Crippen molar-refractivity contribution in [2.45, 2.75) is 31.7 Å². The van der Waals surface area contributed by atoms with Gasteiger partial charge in [-0.3, -0.25) is 4.79 Å². The molecule has 2 N–H and O–H groups in total. The van der Waals surface area contributed by atoms with Crippen molar-refractivity contribution in [2.75, 3.05) is 18.6 Å². The van der Waals surface area contributed by atoms with Gasteiger partial charge in [-0.2, -0.15) is 11.8 Å². The minimum Gasteiger partial charge on any atom is -0.396 e. The van der Waals surface area contributed by atoms with Gasteiger partial charge in [0.2, 0.25) is 5.91 Å². The van der Waals surface area contributed by atoms with Crippen LogP contribution in [0.15, 0.2) is 24.3 Å². The molecule has 0 heterocycles. The fourth-order valence-electron chi connectivity index (χ4n) is 2.69. The summed E-state index contributed by atoms with van der Waals surface area (Å²) in [6, 6.07) is 8.38. The number of thioether (sulfide) groups is 1. The highest BCUT2D eigenvalue weighted by atomic mass is 32.2. The number of nitrogens with one attached hydrogen (secondary N) is 1. The summed E-state index contributed by atoms with van der Waals surface area (Å²) in [5, 5.41) is 12.1. The monoisotopic (exact) mass is 293 g/mol. The average molecular weight is 293 g/mol. The molecule has 20 heavy (non-hydrogen) atoms. The van der Waals surface area contributed by atoms with Crippen LogP contribution in [-0.2, 0) is 4.79 Å². The molecular formula is C16H23NO2S. The number of rotatable bonds is 7. The van der Waals surface area contributed by atoms with E-state index in [4.69, 9.17) is 5.11 Å². The standard InChI is InChI=1S/C16H23NO2S/c1-11-5-3-4-6-13(11)14-9-15(14)16(19)17-12(7-8-18)10-20-2/h3-6,12,14-15,18H,7-10H2,1-2H3,(H,17,19). The average Bonchev–Trinajstić information content (AvgIpc) is 3.20. The second-order valence-electron chi connectivity index (χ2n) is 5.48. The van der Waals surface area contributed by atoms with Gasteiger partial charge in [0.1, 0.15) is 0 Å². The van der Waals surface area contributed by atoms with E-state index in [2.05, 4.69) is 24.4 Å². The Bertz CT molecular complexity index is 458. The van der Waals surface area contributed by atoms with Crippen LogP contribution in [0.25, 0.3) is 0 Å². The fourth-order valence-corrected chi connectivity index (χ4v) is 3.35. The van der Waals surface area contributed by atoms with Gasteiger partial charge in [0.05, 0.1) is 0 Å². The van der Waals surface area contributed by atoms with Gasteiger partial charge in [-0.1, -0.05) is 24.3 Å². The summed E-state index contributed by atoms with van der Waals surface area (Å²) in [7, 11) is 0. The summed E-state index contributed by atoms with van der Waals surface area (Å²) >= 11 is 1.70. The van der Waals surface area contributed by atoms with Crippen molar-refractivity contribution in [3.05, 3.63) is 35.4 Å². The van der Waals surface area contributed by atoms with Crippen LogP contribution in [0, 0.1) is 12.8 Å². The summed E-state index contributed by atoms with van der Waals surface area (Å²) < 4.78 is 0. The number of hydrogen-bond donors (Lipinski definition) is 2. The van der Waals surface area contributed by atoms with E-state index in [1.165, 1.54) is 11.1 Å². The molecule has 1 aromatic rings. The van der Waals surface area contributed by atoms with Crippen LogP contribution in [0.2, 0.25) is 0 Å². The molecule has 3 atom stereocenters. The van der Waals surface area contributed by atoms with E-state index in [9.17, 15) is 4.79 Å². The van der Waals surface area contributed by atoms with Crippen molar-refractivity contribution in [3.63, 3.8) is 0 Å². The molecule has 1 aliphatic rings. The third-order valence-corrected chi connectivity index (χ3v) is 4.64. The Labute approximate surface area is 125 Å². The molecule has 0 aromatic heterocycles. The molecule has 1 aliphatic carbocycles. The van der Waals surface area contributed by atoms with Gasteiger partial charge in [0, 0.05) is 24.3 Å². The largest absolute Gasteiger partial charge is 0.396 e. The van der Waals surface area contributed by atoms with E-state index in [0.717, 1.165) is 12.2 Å². The Balaban J connectivity index is 1.91. The van der Waals surface area contributed by atoms with Crippen LogP contribution in [-0.4, -0.2) is 35.7 Å². The van der Waals surface area contributed by atoms with E-state index in [1.54, 1.807) is 11.8 Å². The van der Waals surface area contributed by atoms with Crippen molar-refractivity contribution >= 4 is 17.7 Å². The number of aryl methyl sites for hydroxylation is 1. The molecule has 0 aliphatic heterocycles. The molecule has 2 rings (SSSR count). The highest BCUT2D eigenvalue weighted by Gasteiger charge is 2.44. The number of aliphatic hydroxyl groups is 1. The summed E-state index contributed by atoms with van der Waals surface area (Å²) in [6.45, 7) is 2.22. The van der Waals surface area contributed by atoms with Gasteiger partial charge in [-0.15, -0.1) is 0 Å². The van der Waals surface area contributed by atoms with Crippen molar-refractivity contribution in [1.29, 1.82) is 0 Å². The quantitative estimate of drug-likeness (QED) is 0.811. The number of hydrogen-bond acceptors (Lipinski definition) is 3. The van der Waals surface area contributed by atoms with Gasteiger partial charge in [0.15, 0.2) is 0 Å². The maximum absolute atomic E-state index is 12.3. The zero-order valence-electron chi connectivity index (χ0n) is 12.1. The molecule has 4 heteroatoms. The highest BCUT2D eigenvalue weighted by Crippen LogP contribution is 2.48. The number of aliphatic hydroxyl groups excluding tert-OH is 1. The van der Waals surface area contributed by atoms with Crippen LogP contribution in [0.4, 0.5) is 0 Å². The number of carbonyl (C=O) groups is 1. The van der Waals surface area contributed by atoms with Crippen molar-refractivity contribution in [2.24, 2.45) is 5.92 Å². The van der Waals surface area contributed by atoms with Gasteiger partial charge < -0.3 is 10.4 Å². The van der Waals surface area contributed by atoms with Gasteiger partial charge in [-0.05, 0) is 43.1 Å². The molecular weight excluding hydrogens is 270 g/mol. The Hall–Kier alpha value is -1.00. The van der Waals surface area contributed by atoms with E-state index in [1.807, 2.05) is 18.4 Å². The summed E-state index contributed by atoms with van der Waals surface area (Å²) in [5.74, 6) is 1.48. The lowest BCUT2D eigenvalue weighted by atomic mass is 10.0. The predicted octanol–water partition coefficient (Wildman–Crippen LogP) is 2.33. The molecule has 0 spiro atoms. The zero-order chi connectivity index (χ0) is 14.5. The van der Waals surface area contributed by atoms with Crippen LogP contribution in [0.3, 0.4) is 0 Å². The Morgan fingerprint density at radius 1 is 1.50 bits per heavy atom. The first-order valence-electron chi connectivity index (χ1n) is 7.13. The zero-order valence-corrected chi connectivity index (χ0v) is 13.0. The number of amides is 1. The SMILES string of the molecule is CSCC(CCO)NC(=O)C1CC1c1ccccc1C. The molecule has 1 aromatic carbocycles. The Morgan fingerprint density at radius 3 is 2.90 bits per heavy atom. The topological polar surface area (TPSA) is 49.3 Å². The first kappa shape index (κ1) is 15.4. The van der Waals surface area contributed by atoms with E-state index >= 15 is 0 Å². The number of carbonyl (C=O) groups excluding carboxylic acids is 1. The number of benzene rings is 1. The van der Waals surface area contributed by atoms with Crippen molar-refractivity contribution < 1.29 is 9.90 Å². The second kappa shape index (κ2) is 7.14. The van der Waals surface area contributed by atoms with Gasteiger partial charge in [0.25, 0.3) is 0 Å². The molecule has 1 amide bonds. The predicted molar refractivity (Wildman–Crippen MR) is 84.0 cm³/mol. The summed E-state index contributed by atoms with van der Waals surface area (Å²) in [4.78, 5) is 12.3. The summed E-state index contributed by atoms with van der Waals surface area (Å²) in [5.41, 5.74) is 2.57. The van der Waals surface area contributed by atoms with Crippen LogP contribution in [0.5, 0.6) is 0 Å². The lowest BCUT2D eigenvalue weighted by molar-refractivity contribution is -0.123. The third-order valence-electron chi connectivity index (χ3n) is 3.91. The molecule has 0 radical (unpaired) electrons. The van der Waals surface area contributed by atoms with Crippen LogP contribution < -0.4 is 5.32 Å². The Kier molecular flexibility index (Phi) is 5.49. The van der Waals surface area contributed by atoms with Crippen molar-refractivity contribution in [3.8, 4) is 0 Å². The maximum atomic E-state index is 12.3. The van der Waals surface area contributed by atoms with E-state index in [-0.39, 0.29) is 24.5 Å². The van der Waals surface area contributed by atoms with Crippen LogP contribution >= 0.6 is 11.8 Å². The lowest BCUT2D eigenvalue weighted by Gasteiger charge is -2.16. The molecule has 3 unspecified atom stereocenters. The van der Waals surface area contributed by atoms with E-state index < -0.39 is 0 Å². The normalized spacial score (nSPS) is 22.4. The first-order valence-corrected chi connectivity index (χ1v) is 8.52. The second-order valence-corrected chi connectivity index (χ2v) is 6.39. The third kappa shape index (κ3) is 3.76.